The Bertz CT molecular complexity index is 986. The molecule has 0 radical (unpaired) electrons. The zero-order chi connectivity index (χ0) is 20.1. The largest absolute Gasteiger partial charge is 0.492 e. The van der Waals surface area contributed by atoms with E-state index in [0.717, 1.165) is 59.9 Å². The highest BCUT2D eigenvalue weighted by Gasteiger charge is 2.38. The number of thiophene rings is 1. The summed E-state index contributed by atoms with van der Waals surface area (Å²) in [6, 6.07) is 2.07. The number of methoxy groups -OCH3 is 2. The van der Waals surface area contributed by atoms with Gasteiger partial charge in [0.15, 0.2) is 17.7 Å². The highest BCUT2D eigenvalue weighted by molar-refractivity contribution is 7.16. The molecule has 0 bridgehead atoms. The lowest BCUT2D eigenvalue weighted by molar-refractivity contribution is -0.910. The topological polar surface area (TPSA) is 70.5 Å². The lowest BCUT2D eigenvalue weighted by Gasteiger charge is -2.33. The Hall–Kier alpha value is -2.45. The van der Waals surface area contributed by atoms with E-state index in [-0.39, 0.29) is 18.9 Å². The Balaban J connectivity index is 1.60. The van der Waals surface area contributed by atoms with Crippen molar-refractivity contribution >= 4 is 22.3 Å². The van der Waals surface area contributed by atoms with E-state index >= 15 is 0 Å². The smallest absolute Gasteiger partial charge is 0.341 e. The SMILES string of the molecule is COC(=O)c1c(N[C@@H]2c3c(cc4c(c3OC)OCO4)CC[NH+]2C)sc2c1CCC2. The van der Waals surface area contributed by atoms with Gasteiger partial charge in [-0.1, -0.05) is 0 Å². The van der Waals surface area contributed by atoms with E-state index in [1.807, 2.05) is 0 Å². The van der Waals surface area contributed by atoms with E-state index in [2.05, 4.69) is 18.4 Å². The maximum atomic E-state index is 12.6. The van der Waals surface area contributed by atoms with Crippen LogP contribution >= 0.6 is 11.3 Å². The molecule has 1 aromatic carbocycles. The summed E-state index contributed by atoms with van der Waals surface area (Å²) in [5, 5.41) is 4.56. The number of benzene rings is 1. The molecule has 0 saturated heterocycles. The van der Waals surface area contributed by atoms with E-state index in [1.54, 1.807) is 18.4 Å². The molecule has 3 heterocycles. The fourth-order valence-electron chi connectivity index (χ4n) is 4.68. The Morgan fingerprint density at radius 1 is 1.28 bits per heavy atom. The van der Waals surface area contributed by atoms with Crippen LogP contribution in [0.2, 0.25) is 0 Å². The summed E-state index contributed by atoms with van der Waals surface area (Å²) in [4.78, 5) is 15.2. The average Bonchev–Trinajstić information content (AvgIpc) is 3.43. The summed E-state index contributed by atoms with van der Waals surface area (Å²) in [6.07, 6.45) is 3.92. The summed E-state index contributed by atoms with van der Waals surface area (Å²) in [5.74, 6) is 1.85. The van der Waals surface area contributed by atoms with Crippen molar-refractivity contribution in [3.8, 4) is 17.2 Å². The molecule has 0 fully saturated rings. The number of quaternary nitrogens is 1. The molecule has 154 valence electrons. The molecule has 1 aliphatic carbocycles. The summed E-state index contributed by atoms with van der Waals surface area (Å²) >= 11 is 1.68. The van der Waals surface area contributed by atoms with Crippen LogP contribution in [-0.2, 0) is 24.0 Å². The predicted molar refractivity (Wildman–Crippen MR) is 109 cm³/mol. The molecule has 2 atom stereocenters. The van der Waals surface area contributed by atoms with Crippen molar-refractivity contribution in [1.82, 2.24) is 0 Å². The van der Waals surface area contributed by atoms with Crippen LogP contribution in [0, 0.1) is 0 Å². The van der Waals surface area contributed by atoms with Crippen molar-refractivity contribution in [3.63, 3.8) is 0 Å². The molecular formula is C21H25N2O5S+. The van der Waals surface area contributed by atoms with Crippen LogP contribution in [0.4, 0.5) is 5.00 Å². The van der Waals surface area contributed by atoms with Gasteiger partial charge in [0.1, 0.15) is 5.00 Å². The maximum Gasteiger partial charge on any atom is 0.341 e. The molecule has 0 saturated carbocycles. The van der Waals surface area contributed by atoms with Gasteiger partial charge in [0.05, 0.1) is 38.9 Å². The molecule has 29 heavy (non-hydrogen) atoms. The van der Waals surface area contributed by atoms with Gasteiger partial charge in [-0.3, -0.25) is 0 Å². The second-order valence-electron chi connectivity index (χ2n) is 7.69. The lowest BCUT2D eigenvalue weighted by Crippen LogP contribution is -3.11. The number of anilines is 1. The van der Waals surface area contributed by atoms with Gasteiger partial charge >= 0.3 is 5.97 Å². The highest BCUT2D eigenvalue weighted by Crippen LogP contribution is 2.48. The Morgan fingerprint density at radius 2 is 2.14 bits per heavy atom. The number of esters is 1. The van der Waals surface area contributed by atoms with Gasteiger partial charge < -0.3 is 29.2 Å². The van der Waals surface area contributed by atoms with Gasteiger partial charge in [-0.25, -0.2) is 4.79 Å². The fraction of sp³-hybridized carbons (Fsp3) is 0.476. The van der Waals surface area contributed by atoms with Gasteiger partial charge in [0, 0.05) is 11.3 Å². The van der Waals surface area contributed by atoms with Crippen LogP contribution in [0.25, 0.3) is 0 Å². The first kappa shape index (κ1) is 18.6. The third kappa shape index (κ3) is 2.85. The third-order valence-electron chi connectivity index (χ3n) is 6.10. The van der Waals surface area contributed by atoms with Crippen LogP contribution in [-0.4, -0.2) is 40.6 Å². The van der Waals surface area contributed by atoms with Gasteiger partial charge in [-0.05, 0) is 36.5 Å². The van der Waals surface area contributed by atoms with E-state index in [9.17, 15) is 4.79 Å². The number of carbonyl (C=O) groups excluding carboxylic acids is 1. The van der Waals surface area contributed by atoms with E-state index in [0.29, 0.717) is 11.3 Å². The van der Waals surface area contributed by atoms with Crippen molar-refractivity contribution in [3.05, 3.63) is 33.2 Å². The zero-order valence-corrected chi connectivity index (χ0v) is 17.7. The number of ether oxygens (including phenoxy) is 4. The second-order valence-corrected chi connectivity index (χ2v) is 8.80. The summed E-state index contributed by atoms with van der Waals surface area (Å²) < 4.78 is 22.2. The zero-order valence-electron chi connectivity index (χ0n) is 16.8. The quantitative estimate of drug-likeness (QED) is 0.741. The predicted octanol–water partition coefficient (Wildman–Crippen LogP) is 1.94. The molecule has 2 N–H and O–H groups in total. The van der Waals surface area contributed by atoms with E-state index in [1.165, 1.54) is 22.5 Å². The van der Waals surface area contributed by atoms with Crippen LogP contribution in [0.3, 0.4) is 0 Å². The van der Waals surface area contributed by atoms with Crippen molar-refractivity contribution in [2.45, 2.75) is 31.8 Å². The van der Waals surface area contributed by atoms with Crippen molar-refractivity contribution < 1.29 is 28.6 Å². The molecule has 0 amide bonds. The number of fused-ring (bicyclic) bond motifs is 3. The molecule has 0 spiro atoms. The number of carbonyl (C=O) groups is 1. The van der Waals surface area contributed by atoms with Crippen molar-refractivity contribution in [2.75, 3.05) is 39.9 Å². The fourth-order valence-corrected chi connectivity index (χ4v) is 5.98. The Kier molecular flexibility index (Phi) is 4.55. The average molecular weight is 418 g/mol. The number of aryl methyl sites for hydroxylation is 1. The van der Waals surface area contributed by atoms with Gasteiger partial charge in [0.2, 0.25) is 12.5 Å². The van der Waals surface area contributed by atoms with Crippen LogP contribution in [0.1, 0.15) is 44.5 Å². The molecule has 8 heteroatoms. The summed E-state index contributed by atoms with van der Waals surface area (Å²) in [5.41, 5.74) is 4.11. The molecule has 2 aliphatic heterocycles. The molecular weight excluding hydrogens is 392 g/mol. The normalized spacial score (nSPS) is 21.5. The third-order valence-corrected chi connectivity index (χ3v) is 7.33. The molecule has 7 nitrogen and oxygen atoms in total. The first-order valence-electron chi connectivity index (χ1n) is 9.93. The number of nitrogens with one attached hydrogen (secondary N) is 2. The number of hydrogen-bond donors (Lipinski definition) is 2. The van der Waals surface area contributed by atoms with Crippen LogP contribution < -0.4 is 24.4 Å². The second kappa shape index (κ2) is 7.11. The standard InChI is InChI=1S/C21H24N2O5S/c1-23-8-7-11-9-13-17(28-10-27-13)18(25-2)15(11)19(23)22-20-16(21(24)26-3)12-5-4-6-14(12)29-20/h9,19,22H,4-8,10H2,1-3H3/p+1/t19-/m0/s1. The molecule has 1 unspecified atom stereocenters. The minimum atomic E-state index is -0.266. The van der Waals surface area contributed by atoms with Gasteiger partial charge in [0.25, 0.3) is 0 Å². The molecule has 3 aliphatic rings. The van der Waals surface area contributed by atoms with E-state index in [4.69, 9.17) is 18.9 Å². The summed E-state index contributed by atoms with van der Waals surface area (Å²) in [6.45, 7) is 1.17. The minimum absolute atomic E-state index is 0.0645. The molecule has 1 aromatic heterocycles. The van der Waals surface area contributed by atoms with Crippen molar-refractivity contribution in [1.29, 1.82) is 0 Å². The van der Waals surface area contributed by atoms with Crippen LogP contribution in [0.15, 0.2) is 6.07 Å². The summed E-state index contributed by atoms with van der Waals surface area (Å²) in [7, 11) is 5.27. The number of likely N-dealkylation sites (N-methyl/N-ethyl adjacent to an activating group) is 1. The van der Waals surface area contributed by atoms with Gasteiger partial charge in [-0.2, -0.15) is 0 Å². The van der Waals surface area contributed by atoms with Crippen molar-refractivity contribution in [2.24, 2.45) is 0 Å². The number of rotatable bonds is 4. The monoisotopic (exact) mass is 417 g/mol. The Labute approximate surface area is 173 Å². The van der Waals surface area contributed by atoms with E-state index < -0.39 is 0 Å². The number of hydrogen-bond acceptors (Lipinski definition) is 7. The molecule has 2 aromatic rings. The van der Waals surface area contributed by atoms with Gasteiger partial charge in [-0.15, -0.1) is 11.3 Å². The first-order chi connectivity index (χ1) is 14.1. The highest BCUT2D eigenvalue weighted by atomic mass is 32.1. The first-order valence-corrected chi connectivity index (χ1v) is 10.7. The lowest BCUT2D eigenvalue weighted by atomic mass is 9.95. The molecule has 5 rings (SSSR count). The Morgan fingerprint density at radius 3 is 2.93 bits per heavy atom. The maximum absolute atomic E-state index is 12.6. The van der Waals surface area contributed by atoms with Crippen LogP contribution in [0.5, 0.6) is 17.2 Å². The minimum Gasteiger partial charge on any atom is -0.492 e.